The zero-order valence-electron chi connectivity index (χ0n) is 21.5. The number of nitrogens with one attached hydrogen (secondary N) is 1. The van der Waals surface area contributed by atoms with Gasteiger partial charge in [0.05, 0.1) is 40.7 Å². The fraction of sp³-hybridized carbons (Fsp3) is 0.423. The predicted octanol–water partition coefficient (Wildman–Crippen LogP) is 2.52. The highest BCUT2D eigenvalue weighted by Crippen LogP contribution is 2.52. The number of benzene rings is 1. The molecule has 1 amide bonds. The molecule has 1 aromatic heterocycles. The molecule has 2 aliphatic heterocycles. The van der Waals surface area contributed by atoms with E-state index in [1.807, 2.05) is 6.07 Å². The van der Waals surface area contributed by atoms with Crippen LogP contribution in [-0.2, 0) is 25.6 Å². The molecule has 0 saturated carbocycles. The van der Waals surface area contributed by atoms with Crippen LogP contribution in [0.15, 0.2) is 34.2 Å². The van der Waals surface area contributed by atoms with Crippen molar-refractivity contribution in [2.75, 3.05) is 33.5 Å². The molecule has 1 aromatic carbocycles. The zero-order valence-corrected chi connectivity index (χ0v) is 21.5. The van der Waals surface area contributed by atoms with Gasteiger partial charge in [-0.25, -0.2) is 5.06 Å². The van der Waals surface area contributed by atoms with Crippen LogP contribution < -0.4 is 24.6 Å². The van der Waals surface area contributed by atoms with E-state index in [9.17, 15) is 9.59 Å². The van der Waals surface area contributed by atoms with E-state index in [0.29, 0.717) is 52.7 Å². The lowest BCUT2D eigenvalue weighted by molar-refractivity contribution is -0.122. The van der Waals surface area contributed by atoms with Crippen molar-refractivity contribution >= 4 is 23.0 Å². The highest BCUT2D eigenvalue weighted by atomic mass is 16.7. The number of amides is 1. The first-order chi connectivity index (χ1) is 17.8. The predicted molar refractivity (Wildman–Crippen MR) is 131 cm³/mol. The van der Waals surface area contributed by atoms with Gasteiger partial charge in [0, 0.05) is 18.1 Å². The molecule has 3 atom stereocenters. The normalized spacial score (nSPS) is 22.4. The Morgan fingerprint density at radius 2 is 1.89 bits per heavy atom. The lowest BCUT2D eigenvalue weighted by Crippen LogP contribution is -2.52. The van der Waals surface area contributed by atoms with E-state index in [2.05, 4.69) is 10.5 Å². The molecule has 0 saturated heterocycles. The van der Waals surface area contributed by atoms with Crippen molar-refractivity contribution in [3.63, 3.8) is 0 Å². The lowest BCUT2D eigenvalue weighted by Gasteiger charge is -2.41. The van der Waals surface area contributed by atoms with Crippen molar-refractivity contribution in [2.24, 2.45) is 0 Å². The Labute approximate surface area is 213 Å². The van der Waals surface area contributed by atoms with E-state index in [1.165, 1.54) is 32.4 Å². The number of aryl methyl sites for hydroxylation is 2. The third-order valence-corrected chi connectivity index (χ3v) is 6.96. The molecule has 11 heteroatoms. The fourth-order valence-electron chi connectivity index (χ4n) is 5.47. The highest BCUT2D eigenvalue weighted by Gasteiger charge is 2.50. The summed E-state index contributed by atoms with van der Waals surface area (Å²) in [7, 11) is 6.10. The molecule has 0 fully saturated rings. The Bertz CT molecular complexity index is 1330. The molecule has 4 aliphatic rings. The van der Waals surface area contributed by atoms with Crippen molar-refractivity contribution in [3.05, 3.63) is 46.6 Å². The van der Waals surface area contributed by atoms with Gasteiger partial charge >= 0.3 is 0 Å². The number of carbonyl (C=O) groups is 2. The first kappa shape index (κ1) is 24.7. The van der Waals surface area contributed by atoms with Crippen LogP contribution >= 0.6 is 0 Å². The SMILES string of the molecule is COC1=C[C@@H]2ON(c3cnoc3C)[C@@H](C1=O)C1=C2c2c(cc(OC)c(OC)c2OC)CC[C@@H]1NC(C)=O. The average molecular weight is 512 g/mol. The van der Waals surface area contributed by atoms with E-state index >= 15 is 0 Å². The molecular formula is C26H29N3O8. The molecule has 0 unspecified atom stereocenters. The van der Waals surface area contributed by atoms with Crippen LogP contribution in [0.2, 0.25) is 0 Å². The van der Waals surface area contributed by atoms with Crippen LogP contribution in [0.25, 0.3) is 5.57 Å². The molecule has 2 aromatic rings. The number of hydroxylamine groups is 1. The van der Waals surface area contributed by atoms with E-state index in [4.69, 9.17) is 28.3 Å². The summed E-state index contributed by atoms with van der Waals surface area (Å²) in [6.45, 7) is 3.20. The fourth-order valence-corrected chi connectivity index (χ4v) is 5.47. The molecule has 3 heterocycles. The molecular weight excluding hydrogens is 482 g/mol. The van der Waals surface area contributed by atoms with E-state index in [1.54, 1.807) is 27.2 Å². The van der Waals surface area contributed by atoms with E-state index < -0.39 is 18.2 Å². The van der Waals surface area contributed by atoms with Crippen molar-refractivity contribution in [1.82, 2.24) is 10.5 Å². The Kier molecular flexibility index (Phi) is 6.32. The Hall–Kier alpha value is -3.99. The third kappa shape index (κ3) is 3.81. The number of aromatic nitrogens is 1. The number of methoxy groups -OCH3 is 4. The molecule has 0 radical (unpaired) electrons. The van der Waals surface area contributed by atoms with Crippen LogP contribution in [0.4, 0.5) is 5.69 Å². The minimum atomic E-state index is -0.960. The van der Waals surface area contributed by atoms with E-state index in [0.717, 1.165) is 11.1 Å². The summed E-state index contributed by atoms with van der Waals surface area (Å²) in [6, 6.07) is 0.466. The van der Waals surface area contributed by atoms with Crippen molar-refractivity contribution < 1.29 is 37.9 Å². The summed E-state index contributed by atoms with van der Waals surface area (Å²) in [6.07, 6.45) is 3.49. The maximum atomic E-state index is 14.0. The summed E-state index contributed by atoms with van der Waals surface area (Å²) in [5.74, 6) is 1.50. The maximum absolute atomic E-state index is 14.0. The average Bonchev–Trinajstić information content (AvgIpc) is 3.12. The maximum Gasteiger partial charge on any atom is 0.226 e. The molecule has 0 spiro atoms. The smallest absolute Gasteiger partial charge is 0.226 e. The Morgan fingerprint density at radius 3 is 2.49 bits per heavy atom. The number of fused-ring (bicyclic) bond motifs is 3. The number of nitrogens with zero attached hydrogens (tertiary/aromatic N) is 2. The van der Waals surface area contributed by atoms with Gasteiger partial charge in [-0.1, -0.05) is 5.16 Å². The minimum Gasteiger partial charge on any atom is -0.493 e. The van der Waals surface area contributed by atoms with Crippen LogP contribution in [0.1, 0.15) is 30.2 Å². The highest BCUT2D eigenvalue weighted by molar-refractivity contribution is 6.07. The van der Waals surface area contributed by atoms with Crippen molar-refractivity contribution in [3.8, 4) is 17.2 Å². The second kappa shape index (κ2) is 9.47. The summed E-state index contributed by atoms with van der Waals surface area (Å²) < 4.78 is 28.0. The second-order valence-corrected chi connectivity index (χ2v) is 8.96. The first-order valence-corrected chi connectivity index (χ1v) is 11.8. The number of anilines is 1. The number of rotatable bonds is 6. The summed E-state index contributed by atoms with van der Waals surface area (Å²) >= 11 is 0. The van der Waals surface area contributed by atoms with Gasteiger partial charge in [-0.2, -0.15) is 0 Å². The quantitative estimate of drug-likeness (QED) is 0.619. The number of ether oxygens (including phenoxy) is 4. The standard InChI is InChI=1S/C26H29N3O8/c1-12-16(11-27-36-12)29-23-21-15(28-13(2)30)8-7-14-9-19(33-4)25(34-5)26(35-6)20(14)22(21)17(37-29)10-18(32-3)24(23)31/h9-11,15,17,23H,7-8H2,1-6H3,(H,28,30)/t15-,17-,23+/m0/s1. The molecule has 1 N–H and O–H groups in total. The topological polar surface area (TPSA) is 122 Å². The van der Waals surface area contributed by atoms with Gasteiger partial charge in [0.2, 0.25) is 17.4 Å². The zero-order chi connectivity index (χ0) is 26.4. The molecule has 2 bridgehead atoms. The van der Waals surface area contributed by atoms with Gasteiger partial charge in [-0.15, -0.1) is 0 Å². The number of hydrogen-bond donors (Lipinski definition) is 1. The summed E-state index contributed by atoms with van der Waals surface area (Å²) in [5, 5.41) is 8.44. The minimum absolute atomic E-state index is 0.155. The number of hydrogen-bond acceptors (Lipinski definition) is 10. The van der Waals surface area contributed by atoms with Gasteiger partial charge in [-0.05, 0) is 43.0 Å². The summed E-state index contributed by atoms with van der Waals surface area (Å²) in [4.78, 5) is 32.8. The molecule has 11 nitrogen and oxygen atoms in total. The van der Waals surface area contributed by atoms with Gasteiger partial charge < -0.3 is 28.8 Å². The second-order valence-electron chi connectivity index (χ2n) is 8.96. The van der Waals surface area contributed by atoms with E-state index in [-0.39, 0.29) is 17.4 Å². The largest absolute Gasteiger partial charge is 0.493 e. The monoisotopic (exact) mass is 511 g/mol. The Morgan fingerprint density at radius 1 is 1.14 bits per heavy atom. The molecule has 196 valence electrons. The van der Waals surface area contributed by atoms with Crippen molar-refractivity contribution in [1.29, 1.82) is 0 Å². The third-order valence-electron chi connectivity index (χ3n) is 6.96. The molecule has 6 rings (SSSR count). The van der Waals surface area contributed by atoms with Crippen LogP contribution in [0, 0.1) is 6.92 Å². The van der Waals surface area contributed by atoms with Gasteiger partial charge in [0.15, 0.2) is 23.0 Å². The number of ketones is 1. The molecule has 37 heavy (non-hydrogen) atoms. The van der Waals surface area contributed by atoms with Gasteiger partial charge in [-0.3, -0.25) is 14.4 Å². The lowest BCUT2D eigenvalue weighted by atomic mass is 9.85. The number of Topliss-reactive ketones (excluding diaryl/α,β-unsaturated/α-hetero) is 1. The summed E-state index contributed by atoms with van der Waals surface area (Å²) in [5.41, 5.74) is 3.55. The van der Waals surface area contributed by atoms with Gasteiger partial charge in [0.25, 0.3) is 0 Å². The Balaban J connectivity index is 1.86. The van der Waals surface area contributed by atoms with Crippen molar-refractivity contribution in [2.45, 2.75) is 44.9 Å². The van der Waals surface area contributed by atoms with Gasteiger partial charge in [0.1, 0.15) is 17.8 Å². The van der Waals surface area contributed by atoms with Crippen LogP contribution in [0.3, 0.4) is 0 Å². The number of carbonyl (C=O) groups excluding carboxylic acids is 2. The van der Waals surface area contributed by atoms with Crippen LogP contribution in [0.5, 0.6) is 17.2 Å². The molecule has 2 aliphatic carbocycles. The van der Waals surface area contributed by atoms with Crippen LogP contribution in [-0.4, -0.2) is 63.5 Å². The first-order valence-electron chi connectivity index (χ1n) is 11.8.